The number of nitro groups is 1. The number of nitrogens with zero attached hydrogens (tertiary/aromatic N) is 3. The average Bonchev–Trinajstić information content (AvgIpc) is 3.29. The maximum atomic E-state index is 14.1. The standard InChI is InChI=1S/C46H40N4O11/c1-58-39-23-13-33(41(25-39)60-3)27-48(45(53)31-9-21-38(22-10-31)50(56)57)36-17-7-29(8-18-36)43(51)47-35-15-5-30(6-16-35)44(52)49(37-19-11-32(12-20-37)46(54)55)28-34-14-24-40(59-2)26-42(34)61-4/h5-26H,27-28H2,1-4H3,(H,47,51)(H,54,55). The van der Waals surface area contributed by atoms with Gasteiger partial charge in [0.1, 0.15) is 23.0 Å². The number of methoxy groups -OCH3 is 4. The van der Waals surface area contributed by atoms with Crippen molar-refractivity contribution in [2.75, 3.05) is 43.6 Å². The molecule has 0 aliphatic heterocycles. The highest BCUT2D eigenvalue weighted by Gasteiger charge is 2.23. The van der Waals surface area contributed by atoms with E-state index in [9.17, 15) is 34.4 Å². The van der Waals surface area contributed by atoms with E-state index in [2.05, 4.69) is 5.32 Å². The van der Waals surface area contributed by atoms with E-state index in [4.69, 9.17) is 18.9 Å². The highest BCUT2D eigenvalue weighted by atomic mass is 16.6. The van der Waals surface area contributed by atoms with Gasteiger partial charge in [0.15, 0.2) is 0 Å². The molecule has 0 unspecified atom stereocenters. The van der Waals surface area contributed by atoms with Gasteiger partial charge in [0, 0.05) is 69.1 Å². The van der Waals surface area contributed by atoms with Crippen LogP contribution in [-0.2, 0) is 13.1 Å². The predicted octanol–water partition coefficient (Wildman–Crippen LogP) is 8.27. The zero-order chi connectivity index (χ0) is 43.6. The summed E-state index contributed by atoms with van der Waals surface area (Å²) in [6.07, 6.45) is 0. The fourth-order valence-corrected chi connectivity index (χ4v) is 6.38. The first-order valence-electron chi connectivity index (χ1n) is 18.6. The third kappa shape index (κ3) is 9.92. The highest BCUT2D eigenvalue weighted by Crippen LogP contribution is 2.31. The van der Waals surface area contributed by atoms with Gasteiger partial charge < -0.3 is 39.2 Å². The Bertz CT molecular complexity index is 2560. The van der Waals surface area contributed by atoms with Gasteiger partial charge in [0.2, 0.25) is 0 Å². The molecule has 15 heteroatoms. The Kier molecular flexibility index (Phi) is 13.2. The van der Waals surface area contributed by atoms with E-state index in [0.717, 1.165) is 0 Å². The largest absolute Gasteiger partial charge is 0.497 e. The normalized spacial score (nSPS) is 10.6. The number of aromatic carboxylic acids is 1. The van der Waals surface area contributed by atoms with Crippen LogP contribution in [0.4, 0.5) is 22.7 Å². The van der Waals surface area contributed by atoms with Gasteiger partial charge in [-0.25, -0.2) is 4.79 Å². The molecule has 61 heavy (non-hydrogen) atoms. The van der Waals surface area contributed by atoms with Crippen molar-refractivity contribution in [2.24, 2.45) is 0 Å². The van der Waals surface area contributed by atoms with E-state index in [-0.39, 0.29) is 35.5 Å². The van der Waals surface area contributed by atoms with Crippen LogP contribution in [0.2, 0.25) is 0 Å². The summed E-state index contributed by atoms with van der Waals surface area (Å²) in [6.45, 7) is 0.135. The first-order valence-corrected chi connectivity index (χ1v) is 18.6. The predicted molar refractivity (Wildman–Crippen MR) is 227 cm³/mol. The number of non-ortho nitro benzene ring substituents is 1. The molecule has 0 bridgehead atoms. The van der Waals surface area contributed by atoms with E-state index in [1.165, 1.54) is 74.6 Å². The van der Waals surface area contributed by atoms with Gasteiger partial charge in [-0.2, -0.15) is 0 Å². The number of hydrogen-bond donors (Lipinski definition) is 2. The van der Waals surface area contributed by atoms with Gasteiger partial charge >= 0.3 is 5.97 Å². The zero-order valence-corrected chi connectivity index (χ0v) is 33.5. The number of hydrogen-bond acceptors (Lipinski definition) is 10. The minimum absolute atomic E-state index is 0.0539. The number of rotatable bonds is 16. The number of carboxylic acids is 1. The van der Waals surface area contributed by atoms with E-state index in [0.29, 0.717) is 56.8 Å². The number of carbonyl (C=O) groups is 4. The fourth-order valence-electron chi connectivity index (χ4n) is 6.38. The third-order valence-corrected chi connectivity index (χ3v) is 9.72. The van der Waals surface area contributed by atoms with Crippen molar-refractivity contribution in [3.8, 4) is 23.0 Å². The van der Waals surface area contributed by atoms with Crippen LogP contribution in [-0.4, -0.2) is 62.2 Å². The summed E-state index contributed by atoms with van der Waals surface area (Å²) in [5.74, 6) is -0.299. The van der Waals surface area contributed by atoms with Crippen LogP contribution < -0.4 is 34.1 Å². The van der Waals surface area contributed by atoms with Crippen molar-refractivity contribution in [3.63, 3.8) is 0 Å². The molecule has 3 amide bonds. The van der Waals surface area contributed by atoms with Gasteiger partial charge in [0.25, 0.3) is 23.4 Å². The van der Waals surface area contributed by atoms with Crippen LogP contribution in [0, 0.1) is 10.1 Å². The molecule has 2 N–H and O–H groups in total. The lowest BCUT2D eigenvalue weighted by Crippen LogP contribution is -2.30. The summed E-state index contributed by atoms with van der Waals surface area (Å²) < 4.78 is 21.8. The summed E-state index contributed by atoms with van der Waals surface area (Å²) in [5, 5.41) is 23.5. The molecule has 0 saturated carbocycles. The van der Waals surface area contributed by atoms with Gasteiger partial charge in [0.05, 0.1) is 52.0 Å². The minimum Gasteiger partial charge on any atom is -0.497 e. The van der Waals surface area contributed by atoms with Gasteiger partial charge in [-0.1, -0.05) is 0 Å². The second kappa shape index (κ2) is 19.0. The molecular formula is C46H40N4O11. The maximum Gasteiger partial charge on any atom is 0.335 e. The number of anilines is 3. The summed E-state index contributed by atoms with van der Waals surface area (Å²) in [5.41, 5.74) is 3.31. The van der Waals surface area contributed by atoms with E-state index in [1.54, 1.807) is 97.1 Å². The molecule has 0 aliphatic carbocycles. The van der Waals surface area contributed by atoms with Crippen LogP contribution in [0.15, 0.2) is 133 Å². The lowest BCUT2D eigenvalue weighted by Gasteiger charge is -2.25. The molecule has 0 aromatic heterocycles. The second-order valence-corrected chi connectivity index (χ2v) is 13.4. The summed E-state index contributed by atoms with van der Waals surface area (Å²) in [7, 11) is 6.07. The van der Waals surface area contributed by atoms with Crippen LogP contribution in [0.1, 0.15) is 52.6 Å². The molecular weight excluding hydrogens is 785 g/mol. The number of ether oxygens (including phenoxy) is 4. The molecule has 6 rings (SSSR count). The lowest BCUT2D eigenvalue weighted by atomic mass is 10.1. The summed E-state index contributed by atoms with van der Waals surface area (Å²) >= 11 is 0. The SMILES string of the molecule is COc1ccc(CN(C(=O)c2ccc(NC(=O)c3ccc(N(Cc4ccc(OC)cc4OC)C(=O)c4ccc([N+](=O)[O-])cc4)cc3)cc2)c2ccc(C(=O)O)cc2)c(OC)c1. The summed E-state index contributed by atoms with van der Waals surface area (Å²) in [4.78, 5) is 66.7. The number of carbonyl (C=O) groups excluding carboxylic acids is 3. The van der Waals surface area contributed by atoms with Crippen LogP contribution in [0.5, 0.6) is 23.0 Å². The molecule has 6 aromatic carbocycles. The number of carboxylic acid groups (broad SMARTS) is 1. The van der Waals surface area contributed by atoms with Crippen molar-refractivity contribution < 1.29 is 48.2 Å². The highest BCUT2D eigenvalue weighted by molar-refractivity contribution is 6.09. The number of nitro benzene ring substituents is 1. The molecule has 15 nitrogen and oxygen atoms in total. The molecule has 0 heterocycles. The Morgan fingerprint density at radius 3 is 1.36 bits per heavy atom. The second-order valence-electron chi connectivity index (χ2n) is 13.4. The van der Waals surface area contributed by atoms with E-state index < -0.39 is 28.6 Å². The smallest absolute Gasteiger partial charge is 0.335 e. The zero-order valence-electron chi connectivity index (χ0n) is 33.5. The lowest BCUT2D eigenvalue weighted by molar-refractivity contribution is -0.384. The van der Waals surface area contributed by atoms with Gasteiger partial charge in [-0.15, -0.1) is 0 Å². The Balaban J connectivity index is 1.21. The number of benzene rings is 6. The Labute approximate surface area is 350 Å². The van der Waals surface area contributed by atoms with Crippen molar-refractivity contribution in [1.29, 1.82) is 0 Å². The first kappa shape index (κ1) is 42.4. The third-order valence-electron chi connectivity index (χ3n) is 9.72. The Hall–Kier alpha value is -8.20. The molecule has 0 aliphatic rings. The number of amides is 3. The van der Waals surface area contributed by atoms with Gasteiger partial charge in [-0.05, 0) is 109 Å². The van der Waals surface area contributed by atoms with Gasteiger partial charge in [-0.3, -0.25) is 24.5 Å². The van der Waals surface area contributed by atoms with Crippen LogP contribution in [0.25, 0.3) is 0 Å². The molecule has 0 saturated heterocycles. The van der Waals surface area contributed by atoms with Crippen molar-refractivity contribution in [3.05, 3.63) is 177 Å². The molecule has 0 fully saturated rings. The molecule has 0 atom stereocenters. The monoisotopic (exact) mass is 824 g/mol. The Morgan fingerprint density at radius 1 is 0.557 bits per heavy atom. The summed E-state index contributed by atoms with van der Waals surface area (Å²) in [6, 6.07) is 34.3. The fraction of sp³-hybridized carbons (Fsp3) is 0.130. The van der Waals surface area contributed by atoms with E-state index >= 15 is 0 Å². The molecule has 0 radical (unpaired) electrons. The maximum absolute atomic E-state index is 14.1. The molecule has 6 aromatic rings. The van der Waals surface area contributed by atoms with Crippen LogP contribution >= 0.6 is 0 Å². The first-order chi connectivity index (χ1) is 29.4. The van der Waals surface area contributed by atoms with Crippen molar-refractivity contribution in [1.82, 2.24) is 0 Å². The quantitative estimate of drug-likeness (QED) is 0.0707. The van der Waals surface area contributed by atoms with E-state index in [1.807, 2.05) is 0 Å². The van der Waals surface area contributed by atoms with Crippen LogP contribution in [0.3, 0.4) is 0 Å². The average molecular weight is 825 g/mol. The van der Waals surface area contributed by atoms with Crippen molar-refractivity contribution >= 4 is 46.4 Å². The molecule has 0 spiro atoms. The topological polar surface area (TPSA) is 187 Å². The van der Waals surface area contributed by atoms with Crippen molar-refractivity contribution in [2.45, 2.75) is 13.1 Å². The molecule has 310 valence electrons. The number of nitrogens with one attached hydrogen (secondary N) is 1. The minimum atomic E-state index is -1.10. The Morgan fingerprint density at radius 2 is 0.967 bits per heavy atom.